The highest BCUT2D eigenvalue weighted by atomic mass is 16.2. The molecule has 0 radical (unpaired) electrons. The summed E-state index contributed by atoms with van der Waals surface area (Å²) in [6, 6.07) is 0.740. The number of hydrogen-bond acceptors (Lipinski definition) is 2. The Labute approximate surface area is 91.8 Å². The van der Waals surface area contributed by atoms with Crippen LogP contribution in [0.3, 0.4) is 0 Å². The first kappa shape index (κ1) is 10.9. The van der Waals surface area contributed by atoms with Gasteiger partial charge in [0, 0.05) is 18.0 Å². The number of nitrogens with two attached hydrogens (primary N) is 1. The average Bonchev–Trinajstić information content (AvgIpc) is 2.79. The molecule has 15 heavy (non-hydrogen) atoms. The molecule has 86 valence electrons. The SMILES string of the molecule is CC1(C)CC1C(=O)NC1CCC(N)CC1. The van der Waals surface area contributed by atoms with Gasteiger partial charge in [-0.1, -0.05) is 13.8 Å². The normalized spacial score (nSPS) is 38.5. The molecule has 0 aliphatic heterocycles. The quantitative estimate of drug-likeness (QED) is 0.724. The molecule has 2 rings (SSSR count). The maximum atomic E-state index is 11.8. The minimum Gasteiger partial charge on any atom is -0.353 e. The lowest BCUT2D eigenvalue weighted by molar-refractivity contribution is -0.123. The average molecular weight is 210 g/mol. The van der Waals surface area contributed by atoms with Gasteiger partial charge >= 0.3 is 0 Å². The monoisotopic (exact) mass is 210 g/mol. The topological polar surface area (TPSA) is 55.1 Å². The third kappa shape index (κ3) is 2.51. The van der Waals surface area contributed by atoms with Gasteiger partial charge in [0.05, 0.1) is 0 Å². The molecule has 1 atom stereocenters. The predicted molar refractivity (Wildman–Crippen MR) is 60.3 cm³/mol. The molecule has 3 N–H and O–H groups in total. The van der Waals surface area contributed by atoms with Crippen LogP contribution in [-0.4, -0.2) is 18.0 Å². The van der Waals surface area contributed by atoms with Crippen molar-refractivity contribution in [1.29, 1.82) is 0 Å². The molecule has 2 aliphatic carbocycles. The molecule has 0 aromatic carbocycles. The van der Waals surface area contributed by atoms with Gasteiger partial charge in [-0.25, -0.2) is 0 Å². The number of carbonyl (C=O) groups is 1. The summed E-state index contributed by atoms with van der Waals surface area (Å²) < 4.78 is 0. The van der Waals surface area contributed by atoms with Crippen molar-refractivity contribution < 1.29 is 4.79 Å². The van der Waals surface area contributed by atoms with Gasteiger partial charge in [-0.2, -0.15) is 0 Å². The van der Waals surface area contributed by atoms with Crippen LogP contribution < -0.4 is 11.1 Å². The van der Waals surface area contributed by atoms with Crippen LogP contribution in [0, 0.1) is 11.3 Å². The fourth-order valence-corrected chi connectivity index (χ4v) is 2.48. The zero-order chi connectivity index (χ0) is 11.1. The van der Waals surface area contributed by atoms with E-state index in [4.69, 9.17) is 5.73 Å². The minimum atomic E-state index is 0.245. The van der Waals surface area contributed by atoms with Crippen LogP contribution in [-0.2, 0) is 4.79 Å². The van der Waals surface area contributed by atoms with E-state index < -0.39 is 0 Å². The Balaban J connectivity index is 1.76. The molecule has 0 bridgehead atoms. The lowest BCUT2D eigenvalue weighted by Gasteiger charge is -2.27. The number of rotatable bonds is 2. The van der Waals surface area contributed by atoms with Crippen LogP contribution in [0.15, 0.2) is 0 Å². The summed E-state index contributed by atoms with van der Waals surface area (Å²) in [4.78, 5) is 11.8. The van der Waals surface area contributed by atoms with Crippen molar-refractivity contribution in [2.45, 2.75) is 58.0 Å². The summed E-state index contributed by atoms with van der Waals surface area (Å²) in [7, 11) is 0. The van der Waals surface area contributed by atoms with Crippen LogP contribution in [0.1, 0.15) is 46.0 Å². The van der Waals surface area contributed by atoms with Crippen molar-refractivity contribution >= 4 is 5.91 Å². The molecule has 0 saturated heterocycles. The summed E-state index contributed by atoms with van der Waals surface area (Å²) in [5.41, 5.74) is 6.08. The van der Waals surface area contributed by atoms with E-state index in [1.54, 1.807) is 0 Å². The highest BCUT2D eigenvalue weighted by molar-refractivity contribution is 5.82. The van der Waals surface area contributed by atoms with Crippen molar-refractivity contribution in [2.75, 3.05) is 0 Å². The Morgan fingerprint density at radius 1 is 1.27 bits per heavy atom. The van der Waals surface area contributed by atoms with E-state index in [2.05, 4.69) is 19.2 Å². The second-order valence-corrected chi connectivity index (χ2v) is 5.87. The third-order valence-corrected chi connectivity index (χ3v) is 3.95. The summed E-state index contributed by atoms with van der Waals surface area (Å²) >= 11 is 0. The van der Waals surface area contributed by atoms with E-state index in [0.717, 1.165) is 32.1 Å². The van der Waals surface area contributed by atoms with Crippen molar-refractivity contribution in [3.8, 4) is 0 Å². The molecular formula is C12H22N2O. The molecule has 0 spiro atoms. The molecular weight excluding hydrogens is 188 g/mol. The fraction of sp³-hybridized carbons (Fsp3) is 0.917. The Morgan fingerprint density at radius 2 is 1.80 bits per heavy atom. The number of nitrogens with one attached hydrogen (secondary N) is 1. The molecule has 2 saturated carbocycles. The maximum absolute atomic E-state index is 11.8. The van der Waals surface area contributed by atoms with Gasteiger partial charge < -0.3 is 11.1 Å². The lowest BCUT2D eigenvalue weighted by Crippen LogP contribution is -2.41. The molecule has 2 aliphatic rings. The van der Waals surface area contributed by atoms with Crippen molar-refractivity contribution in [3.05, 3.63) is 0 Å². The first-order valence-electron chi connectivity index (χ1n) is 6.05. The Morgan fingerprint density at radius 3 is 2.27 bits per heavy atom. The smallest absolute Gasteiger partial charge is 0.223 e. The largest absolute Gasteiger partial charge is 0.353 e. The van der Waals surface area contributed by atoms with Gasteiger partial charge in [0.25, 0.3) is 0 Å². The maximum Gasteiger partial charge on any atom is 0.223 e. The van der Waals surface area contributed by atoms with Crippen LogP contribution in [0.4, 0.5) is 0 Å². The summed E-state index contributed by atoms with van der Waals surface area (Å²) in [6.45, 7) is 4.32. The summed E-state index contributed by atoms with van der Waals surface area (Å²) in [6.07, 6.45) is 5.27. The van der Waals surface area contributed by atoms with Gasteiger partial charge in [-0.3, -0.25) is 4.79 Å². The molecule has 0 aromatic heterocycles. The Hall–Kier alpha value is -0.570. The minimum absolute atomic E-state index is 0.245. The van der Waals surface area contributed by atoms with E-state index in [1.165, 1.54) is 0 Å². The van der Waals surface area contributed by atoms with Gasteiger partial charge in [0.2, 0.25) is 5.91 Å². The number of hydrogen-bond donors (Lipinski definition) is 2. The van der Waals surface area contributed by atoms with E-state index >= 15 is 0 Å². The van der Waals surface area contributed by atoms with Crippen molar-refractivity contribution in [3.63, 3.8) is 0 Å². The molecule has 3 nitrogen and oxygen atoms in total. The standard InChI is InChI=1S/C12H22N2O/c1-12(2)7-10(12)11(15)14-9-5-3-8(13)4-6-9/h8-10H,3-7,13H2,1-2H3,(H,14,15). The van der Waals surface area contributed by atoms with Crippen LogP contribution in [0.25, 0.3) is 0 Å². The zero-order valence-corrected chi connectivity index (χ0v) is 9.75. The molecule has 2 fully saturated rings. The predicted octanol–water partition coefficient (Wildman–Crippen LogP) is 1.42. The van der Waals surface area contributed by atoms with E-state index in [1.807, 2.05) is 0 Å². The molecule has 3 heteroatoms. The van der Waals surface area contributed by atoms with Crippen molar-refractivity contribution in [2.24, 2.45) is 17.1 Å². The molecule has 1 unspecified atom stereocenters. The lowest BCUT2D eigenvalue weighted by atomic mass is 9.91. The van der Waals surface area contributed by atoms with Gasteiger partial charge in [0.1, 0.15) is 0 Å². The first-order valence-corrected chi connectivity index (χ1v) is 6.05. The number of carbonyl (C=O) groups excluding carboxylic acids is 1. The Kier molecular flexibility index (Phi) is 2.75. The van der Waals surface area contributed by atoms with Gasteiger partial charge in [0.15, 0.2) is 0 Å². The molecule has 0 aromatic rings. The van der Waals surface area contributed by atoms with Crippen LogP contribution in [0.2, 0.25) is 0 Å². The summed E-state index contributed by atoms with van der Waals surface area (Å²) in [5, 5.41) is 3.16. The van der Waals surface area contributed by atoms with Crippen LogP contribution in [0.5, 0.6) is 0 Å². The van der Waals surface area contributed by atoms with E-state index in [-0.39, 0.29) is 17.2 Å². The second-order valence-electron chi connectivity index (χ2n) is 5.87. The number of amides is 1. The van der Waals surface area contributed by atoms with Gasteiger partial charge in [-0.05, 0) is 37.5 Å². The molecule has 0 heterocycles. The van der Waals surface area contributed by atoms with Crippen molar-refractivity contribution in [1.82, 2.24) is 5.32 Å². The fourth-order valence-electron chi connectivity index (χ4n) is 2.48. The van der Waals surface area contributed by atoms with E-state index in [9.17, 15) is 4.79 Å². The van der Waals surface area contributed by atoms with Gasteiger partial charge in [-0.15, -0.1) is 0 Å². The molecule has 1 amide bonds. The zero-order valence-electron chi connectivity index (χ0n) is 9.75. The summed E-state index contributed by atoms with van der Waals surface area (Å²) in [5.74, 6) is 0.522. The Bertz CT molecular complexity index is 254. The third-order valence-electron chi connectivity index (χ3n) is 3.95. The van der Waals surface area contributed by atoms with E-state index in [0.29, 0.717) is 12.1 Å². The highest BCUT2D eigenvalue weighted by Crippen LogP contribution is 2.51. The first-order chi connectivity index (χ1) is 6.99. The highest BCUT2D eigenvalue weighted by Gasteiger charge is 2.50. The second kappa shape index (κ2) is 3.78. The van der Waals surface area contributed by atoms with Crippen LogP contribution >= 0.6 is 0 Å².